The molecule has 0 atom stereocenters. The van der Waals surface area contributed by atoms with E-state index in [1.165, 1.54) is 28.8 Å². The number of benzene rings is 2. The lowest BCUT2D eigenvalue weighted by Gasteiger charge is -2.14. The number of methoxy groups -OCH3 is 1. The van der Waals surface area contributed by atoms with Gasteiger partial charge in [-0.2, -0.15) is 0 Å². The molecule has 7 heteroatoms. The van der Waals surface area contributed by atoms with Crippen LogP contribution in [-0.4, -0.2) is 28.4 Å². The number of carbonyl (C=O) groups excluding carboxylic acids is 1. The zero-order valence-electron chi connectivity index (χ0n) is 13.1. The largest absolute Gasteiger partial charge is 0.497 e. The van der Waals surface area contributed by atoms with Crippen molar-refractivity contribution < 1.29 is 19.4 Å². The lowest BCUT2D eigenvalue weighted by atomic mass is 10.1. The number of carbonyl (C=O) groups is 2. The molecule has 3 rings (SSSR count). The monoisotopic (exact) mass is 371 g/mol. The SMILES string of the molecule is COc1ccc(N2C(=O)C(=Cc3cccc(C(=O)O)c3)SC2=S)cc1. The molecule has 2 aromatic carbocycles. The molecule has 1 N–H and O–H groups in total. The van der Waals surface area contributed by atoms with Gasteiger partial charge in [0.15, 0.2) is 4.32 Å². The molecule has 0 unspecified atom stereocenters. The van der Waals surface area contributed by atoms with Gasteiger partial charge in [-0.3, -0.25) is 9.69 Å². The third-order valence-electron chi connectivity index (χ3n) is 3.56. The van der Waals surface area contributed by atoms with E-state index in [1.807, 2.05) is 0 Å². The molecule has 1 saturated heterocycles. The molecule has 0 aliphatic carbocycles. The maximum Gasteiger partial charge on any atom is 0.335 e. The Labute approximate surface area is 153 Å². The first-order valence-corrected chi connectivity index (χ1v) is 8.47. The smallest absolute Gasteiger partial charge is 0.335 e. The molecule has 1 amide bonds. The zero-order chi connectivity index (χ0) is 18.0. The second kappa shape index (κ2) is 7.08. The minimum absolute atomic E-state index is 0.166. The van der Waals surface area contributed by atoms with Crippen LogP contribution < -0.4 is 9.64 Å². The van der Waals surface area contributed by atoms with Crippen molar-refractivity contribution in [2.45, 2.75) is 0 Å². The molecule has 1 aliphatic rings. The Morgan fingerprint density at radius 2 is 1.96 bits per heavy atom. The van der Waals surface area contributed by atoms with Crippen molar-refractivity contribution in [3.8, 4) is 5.75 Å². The molecule has 0 radical (unpaired) electrons. The summed E-state index contributed by atoms with van der Waals surface area (Å²) in [4.78, 5) is 25.7. The number of thiocarbonyl (C=S) groups is 1. The Kier molecular flexibility index (Phi) is 4.87. The fraction of sp³-hybridized carbons (Fsp3) is 0.0556. The fourth-order valence-corrected chi connectivity index (χ4v) is 3.63. The van der Waals surface area contributed by atoms with E-state index in [0.717, 1.165) is 0 Å². The first kappa shape index (κ1) is 17.2. The maximum atomic E-state index is 12.7. The van der Waals surface area contributed by atoms with Crippen molar-refractivity contribution in [3.05, 3.63) is 64.6 Å². The molecule has 1 fully saturated rings. The van der Waals surface area contributed by atoms with Crippen LogP contribution in [0.5, 0.6) is 5.75 Å². The average molecular weight is 371 g/mol. The Morgan fingerprint density at radius 3 is 2.60 bits per heavy atom. The molecule has 1 aliphatic heterocycles. The molecule has 1 heterocycles. The molecular weight excluding hydrogens is 358 g/mol. The number of carboxylic acids is 1. The normalized spacial score (nSPS) is 15.7. The van der Waals surface area contributed by atoms with Crippen LogP contribution in [0.3, 0.4) is 0 Å². The van der Waals surface area contributed by atoms with E-state index in [0.29, 0.717) is 26.2 Å². The summed E-state index contributed by atoms with van der Waals surface area (Å²) in [5, 5.41) is 9.07. The molecule has 126 valence electrons. The second-order valence-corrected chi connectivity index (χ2v) is 6.82. The lowest BCUT2D eigenvalue weighted by Crippen LogP contribution is -2.27. The predicted molar refractivity (Wildman–Crippen MR) is 102 cm³/mol. The molecule has 25 heavy (non-hydrogen) atoms. The highest BCUT2D eigenvalue weighted by Crippen LogP contribution is 2.36. The van der Waals surface area contributed by atoms with Crippen LogP contribution in [0.15, 0.2) is 53.4 Å². The van der Waals surface area contributed by atoms with Gasteiger partial charge in [-0.25, -0.2) is 4.79 Å². The number of hydrogen-bond donors (Lipinski definition) is 1. The van der Waals surface area contributed by atoms with Crippen molar-refractivity contribution in [1.29, 1.82) is 0 Å². The van der Waals surface area contributed by atoms with E-state index in [4.69, 9.17) is 22.1 Å². The van der Waals surface area contributed by atoms with Gasteiger partial charge in [-0.05, 0) is 48.0 Å². The van der Waals surface area contributed by atoms with Gasteiger partial charge in [0, 0.05) is 0 Å². The first-order chi connectivity index (χ1) is 12.0. The van der Waals surface area contributed by atoms with Crippen LogP contribution >= 0.6 is 24.0 Å². The number of aromatic carboxylic acids is 1. The molecule has 0 saturated carbocycles. The summed E-state index contributed by atoms with van der Waals surface area (Å²) in [6, 6.07) is 13.4. The van der Waals surface area contributed by atoms with E-state index < -0.39 is 5.97 Å². The van der Waals surface area contributed by atoms with Crippen molar-refractivity contribution in [3.63, 3.8) is 0 Å². The number of carboxylic acid groups (broad SMARTS) is 1. The van der Waals surface area contributed by atoms with Gasteiger partial charge in [0.05, 0.1) is 23.3 Å². The van der Waals surface area contributed by atoms with E-state index >= 15 is 0 Å². The minimum Gasteiger partial charge on any atom is -0.497 e. The average Bonchev–Trinajstić information content (AvgIpc) is 2.89. The van der Waals surface area contributed by atoms with Crippen molar-refractivity contribution >= 4 is 51.9 Å². The van der Waals surface area contributed by atoms with Crippen LogP contribution in [0.1, 0.15) is 15.9 Å². The van der Waals surface area contributed by atoms with Crippen molar-refractivity contribution in [2.75, 3.05) is 12.0 Å². The summed E-state index contributed by atoms with van der Waals surface area (Å²) < 4.78 is 5.54. The van der Waals surface area contributed by atoms with Gasteiger partial charge >= 0.3 is 5.97 Å². The summed E-state index contributed by atoms with van der Waals surface area (Å²) in [5.41, 5.74) is 1.46. The predicted octanol–water partition coefficient (Wildman–Crippen LogP) is 3.80. The minimum atomic E-state index is -1.01. The van der Waals surface area contributed by atoms with Crippen LogP contribution in [0.4, 0.5) is 5.69 Å². The Balaban J connectivity index is 1.90. The van der Waals surface area contributed by atoms with Gasteiger partial charge in [0.2, 0.25) is 0 Å². The number of amides is 1. The first-order valence-electron chi connectivity index (χ1n) is 7.25. The molecule has 0 bridgehead atoms. The topological polar surface area (TPSA) is 66.8 Å². The van der Waals surface area contributed by atoms with Crippen LogP contribution in [-0.2, 0) is 4.79 Å². The Bertz CT molecular complexity index is 890. The molecule has 0 spiro atoms. The van der Waals surface area contributed by atoms with E-state index in [-0.39, 0.29) is 11.5 Å². The summed E-state index contributed by atoms with van der Waals surface area (Å²) in [6.45, 7) is 0. The van der Waals surface area contributed by atoms with E-state index in [9.17, 15) is 9.59 Å². The quantitative estimate of drug-likeness (QED) is 0.651. The summed E-state index contributed by atoms with van der Waals surface area (Å²) >= 11 is 6.51. The zero-order valence-corrected chi connectivity index (χ0v) is 14.8. The number of rotatable bonds is 4. The van der Waals surface area contributed by atoms with Crippen LogP contribution in [0.25, 0.3) is 6.08 Å². The molecule has 0 aromatic heterocycles. The summed E-state index contributed by atoms with van der Waals surface area (Å²) in [6.07, 6.45) is 1.65. The highest BCUT2D eigenvalue weighted by atomic mass is 32.2. The van der Waals surface area contributed by atoms with Crippen molar-refractivity contribution in [2.24, 2.45) is 0 Å². The number of nitrogens with zero attached hydrogens (tertiary/aromatic N) is 1. The highest BCUT2D eigenvalue weighted by molar-refractivity contribution is 8.27. The van der Waals surface area contributed by atoms with Gasteiger partial charge in [0.25, 0.3) is 5.91 Å². The fourth-order valence-electron chi connectivity index (χ4n) is 2.33. The number of thioether (sulfide) groups is 1. The molecular formula is C18H13NO4S2. The lowest BCUT2D eigenvalue weighted by molar-refractivity contribution is -0.113. The number of anilines is 1. The molecule has 2 aromatic rings. The van der Waals surface area contributed by atoms with E-state index in [2.05, 4.69) is 0 Å². The number of hydrogen-bond acceptors (Lipinski definition) is 5. The summed E-state index contributed by atoms with van der Waals surface area (Å²) in [7, 11) is 1.57. The summed E-state index contributed by atoms with van der Waals surface area (Å²) in [5.74, 6) is -0.558. The van der Waals surface area contributed by atoms with Gasteiger partial charge in [-0.15, -0.1) is 0 Å². The number of ether oxygens (including phenoxy) is 1. The van der Waals surface area contributed by atoms with Gasteiger partial charge in [0.1, 0.15) is 5.75 Å². The Hall–Kier alpha value is -2.64. The third-order valence-corrected chi connectivity index (χ3v) is 4.86. The standard InChI is InChI=1S/C18H13NO4S2/c1-23-14-7-5-13(6-8-14)19-16(20)15(25-18(19)24)10-11-3-2-4-12(9-11)17(21)22/h2-10H,1H3,(H,21,22). The highest BCUT2D eigenvalue weighted by Gasteiger charge is 2.33. The molecule has 5 nitrogen and oxygen atoms in total. The van der Waals surface area contributed by atoms with Crippen LogP contribution in [0.2, 0.25) is 0 Å². The van der Waals surface area contributed by atoms with Crippen molar-refractivity contribution in [1.82, 2.24) is 0 Å². The van der Waals surface area contributed by atoms with Gasteiger partial charge in [-0.1, -0.05) is 36.1 Å². The Morgan fingerprint density at radius 1 is 1.24 bits per heavy atom. The van der Waals surface area contributed by atoms with E-state index in [1.54, 1.807) is 49.6 Å². The third kappa shape index (κ3) is 3.57. The maximum absolute atomic E-state index is 12.7. The second-order valence-electron chi connectivity index (χ2n) is 5.15. The van der Waals surface area contributed by atoms with Crippen LogP contribution in [0, 0.1) is 0 Å². The van der Waals surface area contributed by atoms with Gasteiger partial charge < -0.3 is 9.84 Å².